The zero-order valence-corrected chi connectivity index (χ0v) is 22.7. The van der Waals surface area contributed by atoms with Gasteiger partial charge in [-0.15, -0.1) is 15.3 Å². The molecule has 0 aliphatic rings. The molecule has 40 heavy (non-hydrogen) atoms. The van der Waals surface area contributed by atoms with Crippen molar-refractivity contribution in [2.75, 3.05) is 32.4 Å². The predicted octanol–water partition coefficient (Wildman–Crippen LogP) is 4.20. The molecule has 2 aromatic carbocycles. The summed E-state index contributed by atoms with van der Waals surface area (Å²) in [6, 6.07) is 16.1. The molecule has 0 saturated carbocycles. The molecule has 5 aromatic rings. The van der Waals surface area contributed by atoms with Gasteiger partial charge in [0, 0.05) is 29.2 Å². The second-order valence-corrected chi connectivity index (χ2v) is 9.19. The summed E-state index contributed by atoms with van der Waals surface area (Å²) in [7, 11) is 4.72. The van der Waals surface area contributed by atoms with Gasteiger partial charge in [-0.3, -0.25) is 9.78 Å². The molecule has 5 rings (SSSR count). The van der Waals surface area contributed by atoms with Gasteiger partial charge in [0.2, 0.25) is 17.7 Å². The number of aromatic nitrogens is 6. The minimum absolute atomic E-state index is 0.112. The number of hydrogen-bond donors (Lipinski definition) is 1. The number of carbonyl (C=O) groups excluding carboxylic acids is 1. The summed E-state index contributed by atoms with van der Waals surface area (Å²) in [6.07, 6.45) is 3.33. The highest BCUT2D eigenvalue weighted by molar-refractivity contribution is 7.99. The van der Waals surface area contributed by atoms with Crippen molar-refractivity contribution in [2.24, 2.45) is 0 Å². The molecule has 0 aliphatic heterocycles. The van der Waals surface area contributed by atoms with Crippen molar-refractivity contribution in [1.29, 1.82) is 0 Å². The van der Waals surface area contributed by atoms with Crippen molar-refractivity contribution in [3.8, 4) is 40.1 Å². The molecular formula is C27H25N7O5S. The highest BCUT2D eigenvalue weighted by Gasteiger charge is 2.18. The number of benzene rings is 2. The number of pyridine rings is 1. The van der Waals surface area contributed by atoms with Crippen LogP contribution in [-0.2, 0) is 11.3 Å². The monoisotopic (exact) mass is 559 g/mol. The fourth-order valence-corrected chi connectivity index (χ4v) is 4.43. The Morgan fingerprint density at radius 1 is 0.925 bits per heavy atom. The Morgan fingerprint density at radius 3 is 2.42 bits per heavy atom. The molecular weight excluding hydrogens is 534 g/mol. The maximum absolute atomic E-state index is 12.7. The first kappa shape index (κ1) is 26.7. The molecule has 0 saturated heterocycles. The van der Waals surface area contributed by atoms with E-state index in [1.807, 2.05) is 12.1 Å². The van der Waals surface area contributed by atoms with Gasteiger partial charge in [0.25, 0.3) is 0 Å². The Bertz CT molecular complexity index is 1590. The van der Waals surface area contributed by atoms with E-state index in [2.05, 4.69) is 30.6 Å². The van der Waals surface area contributed by atoms with Crippen molar-refractivity contribution < 1.29 is 23.4 Å². The first-order valence-corrected chi connectivity index (χ1v) is 13.0. The number of nitrogens with zero attached hydrogens (tertiary/aromatic N) is 6. The van der Waals surface area contributed by atoms with Crippen LogP contribution in [0.5, 0.6) is 17.2 Å². The van der Waals surface area contributed by atoms with Gasteiger partial charge in [-0.2, -0.15) is 0 Å². The van der Waals surface area contributed by atoms with E-state index >= 15 is 0 Å². The van der Waals surface area contributed by atoms with Crippen molar-refractivity contribution in [3.05, 3.63) is 72.9 Å². The number of carbonyl (C=O) groups is 1. The SMILES string of the molecule is COc1ccc(NC(=O)CSc2nc(-c3ccncc3)nn2Cc2nnc(-c3ccc(OC)c(OC)c3)o2)cc1. The lowest BCUT2D eigenvalue weighted by Crippen LogP contribution is -2.14. The summed E-state index contributed by atoms with van der Waals surface area (Å²) >= 11 is 1.25. The van der Waals surface area contributed by atoms with Crippen LogP contribution in [0.3, 0.4) is 0 Å². The Hall–Kier alpha value is -4.91. The largest absolute Gasteiger partial charge is 0.497 e. The summed E-state index contributed by atoms with van der Waals surface area (Å²) in [5.41, 5.74) is 2.13. The lowest BCUT2D eigenvalue weighted by Gasteiger charge is -2.07. The van der Waals surface area contributed by atoms with Crippen LogP contribution in [0.2, 0.25) is 0 Å². The van der Waals surface area contributed by atoms with Crippen molar-refractivity contribution in [3.63, 3.8) is 0 Å². The average molecular weight is 560 g/mol. The minimum atomic E-state index is -0.191. The molecule has 0 aliphatic carbocycles. The molecule has 3 heterocycles. The number of methoxy groups -OCH3 is 3. The quantitative estimate of drug-likeness (QED) is 0.233. The van der Waals surface area contributed by atoms with E-state index in [-0.39, 0.29) is 18.2 Å². The molecule has 0 unspecified atom stereocenters. The van der Waals surface area contributed by atoms with Crippen LogP contribution in [0, 0.1) is 0 Å². The molecule has 13 heteroatoms. The maximum Gasteiger partial charge on any atom is 0.247 e. The van der Waals surface area contributed by atoms with Gasteiger partial charge in [-0.1, -0.05) is 11.8 Å². The average Bonchev–Trinajstić information content (AvgIpc) is 3.64. The predicted molar refractivity (Wildman–Crippen MR) is 148 cm³/mol. The summed E-state index contributed by atoms with van der Waals surface area (Å²) < 4.78 is 23.4. The summed E-state index contributed by atoms with van der Waals surface area (Å²) in [5.74, 6) is 2.89. The molecule has 3 aromatic heterocycles. The van der Waals surface area contributed by atoms with Crippen LogP contribution in [0.25, 0.3) is 22.8 Å². The van der Waals surface area contributed by atoms with Crippen molar-refractivity contribution >= 4 is 23.4 Å². The van der Waals surface area contributed by atoms with E-state index in [0.29, 0.717) is 51.3 Å². The first-order chi connectivity index (χ1) is 19.6. The third-order valence-electron chi connectivity index (χ3n) is 5.66. The molecule has 1 N–H and O–H groups in total. The van der Waals surface area contributed by atoms with Gasteiger partial charge >= 0.3 is 0 Å². The number of anilines is 1. The highest BCUT2D eigenvalue weighted by atomic mass is 32.2. The lowest BCUT2D eigenvalue weighted by atomic mass is 10.2. The minimum Gasteiger partial charge on any atom is -0.497 e. The third kappa shape index (κ3) is 6.21. The maximum atomic E-state index is 12.7. The summed E-state index contributed by atoms with van der Waals surface area (Å²) in [4.78, 5) is 21.4. The van der Waals surface area contributed by atoms with E-state index in [0.717, 1.165) is 5.56 Å². The number of hydrogen-bond acceptors (Lipinski definition) is 11. The van der Waals surface area contributed by atoms with Gasteiger partial charge in [-0.05, 0) is 54.6 Å². The van der Waals surface area contributed by atoms with Crippen LogP contribution < -0.4 is 19.5 Å². The molecule has 12 nitrogen and oxygen atoms in total. The Labute approximate surface area is 233 Å². The Kier molecular flexibility index (Phi) is 8.21. The number of nitrogens with one attached hydrogen (secondary N) is 1. The molecule has 0 bridgehead atoms. The van der Waals surface area contributed by atoms with Crippen LogP contribution >= 0.6 is 11.8 Å². The zero-order valence-electron chi connectivity index (χ0n) is 21.9. The molecule has 0 atom stereocenters. The van der Waals surface area contributed by atoms with Gasteiger partial charge in [-0.25, -0.2) is 9.67 Å². The van der Waals surface area contributed by atoms with Crippen LogP contribution in [-0.4, -0.2) is 62.9 Å². The summed E-state index contributed by atoms with van der Waals surface area (Å²) in [6.45, 7) is 0.154. The molecule has 204 valence electrons. The van der Waals surface area contributed by atoms with E-state index in [4.69, 9.17) is 18.6 Å². The molecule has 0 fully saturated rings. The highest BCUT2D eigenvalue weighted by Crippen LogP contribution is 2.32. The Morgan fingerprint density at radius 2 is 1.70 bits per heavy atom. The van der Waals surface area contributed by atoms with Crippen LogP contribution in [0.4, 0.5) is 5.69 Å². The molecule has 0 spiro atoms. The van der Waals surface area contributed by atoms with Gasteiger partial charge in [0.05, 0.1) is 27.1 Å². The topological polar surface area (TPSA) is 139 Å². The number of ether oxygens (including phenoxy) is 3. The van der Waals surface area contributed by atoms with Crippen LogP contribution in [0.15, 0.2) is 76.6 Å². The fraction of sp³-hybridized carbons (Fsp3) is 0.185. The smallest absolute Gasteiger partial charge is 0.247 e. The summed E-state index contributed by atoms with van der Waals surface area (Å²) in [5, 5.41) is 16.4. The zero-order chi connectivity index (χ0) is 27.9. The first-order valence-electron chi connectivity index (χ1n) is 12.0. The van der Waals surface area contributed by atoms with Gasteiger partial charge in [0.15, 0.2) is 22.5 Å². The van der Waals surface area contributed by atoms with Crippen LogP contribution in [0.1, 0.15) is 5.89 Å². The van der Waals surface area contributed by atoms with E-state index in [1.54, 1.807) is 80.9 Å². The standard InChI is InChI=1S/C27H25N7O5S/c1-36-20-7-5-19(6-8-20)29-23(35)16-40-27-30-25(17-10-12-28-13-11-17)33-34(27)15-24-31-32-26(39-24)18-4-9-21(37-2)22(14-18)38-3/h4-14H,15-16H2,1-3H3,(H,29,35). The number of rotatable bonds is 11. The normalized spacial score (nSPS) is 10.8. The number of thioether (sulfide) groups is 1. The van der Waals surface area contributed by atoms with E-state index in [1.165, 1.54) is 11.8 Å². The van der Waals surface area contributed by atoms with Crippen molar-refractivity contribution in [1.82, 2.24) is 29.9 Å². The van der Waals surface area contributed by atoms with E-state index < -0.39 is 0 Å². The second kappa shape index (κ2) is 12.3. The second-order valence-electron chi connectivity index (χ2n) is 8.25. The van der Waals surface area contributed by atoms with E-state index in [9.17, 15) is 4.79 Å². The van der Waals surface area contributed by atoms with Gasteiger partial charge in [0.1, 0.15) is 12.3 Å². The third-order valence-corrected chi connectivity index (χ3v) is 6.63. The number of amides is 1. The van der Waals surface area contributed by atoms with Gasteiger partial charge < -0.3 is 23.9 Å². The lowest BCUT2D eigenvalue weighted by molar-refractivity contribution is -0.113. The molecule has 1 amide bonds. The van der Waals surface area contributed by atoms with Crippen molar-refractivity contribution in [2.45, 2.75) is 11.7 Å². The Balaban J connectivity index is 1.34. The molecule has 0 radical (unpaired) electrons. The fourth-order valence-electron chi connectivity index (χ4n) is 3.69.